The van der Waals surface area contributed by atoms with Gasteiger partial charge in [-0.25, -0.2) is 13.2 Å². The fourth-order valence-corrected chi connectivity index (χ4v) is 6.93. The van der Waals surface area contributed by atoms with Crippen LogP contribution in [0.2, 0.25) is 0 Å². The predicted molar refractivity (Wildman–Crippen MR) is 235 cm³/mol. The number of amides is 4. The fraction of sp³-hybridized carbons (Fsp3) is 0.457. The molecular weight excluding hydrogens is 831 g/mol. The van der Waals surface area contributed by atoms with Crippen LogP contribution in [0.5, 0.6) is 0 Å². The number of pyridine rings is 1. The highest BCUT2D eigenvalue weighted by molar-refractivity contribution is 7.94. The number of nitrogens with one attached hydrogen (secondary N) is 4. The number of benzene rings is 2. The van der Waals surface area contributed by atoms with Gasteiger partial charge in [-0.05, 0) is 89.3 Å². The topological polar surface area (TPSA) is 225 Å². The molecule has 1 aromatic heterocycles. The van der Waals surface area contributed by atoms with Crippen LogP contribution in [0.3, 0.4) is 0 Å². The molecule has 1 heterocycles. The number of rotatable bonds is 19. The Morgan fingerprint density at radius 3 is 1.81 bits per heavy atom. The summed E-state index contributed by atoms with van der Waals surface area (Å²) < 4.78 is 42.5. The van der Waals surface area contributed by atoms with Gasteiger partial charge >= 0.3 is 18.0 Å². The molecule has 16 nitrogen and oxygen atoms in total. The molecule has 0 bridgehead atoms. The molecule has 0 spiro atoms. The van der Waals surface area contributed by atoms with Crippen molar-refractivity contribution in [2.45, 2.75) is 135 Å². The van der Waals surface area contributed by atoms with E-state index in [-0.39, 0.29) is 30.8 Å². The van der Waals surface area contributed by atoms with E-state index in [4.69, 9.17) is 14.2 Å². The van der Waals surface area contributed by atoms with Gasteiger partial charge in [-0.2, -0.15) is 0 Å². The first-order valence-electron chi connectivity index (χ1n) is 20.5. The smallest absolute Gasteiger partial charge is 0.408 e. The summed E-state index contributed by atoms with van der Waals surface area (Å²) in [5, 5.41) is 11.5. The molecule has 0 aliphatic carbocycles. The van der Waals surface area contributed by atoms with Gasteiger partial charge in [0.25, 0.3) is 0 Å². The van der Waals surface area contributed by atoms with Crippen LogP contribution in [0.15, 0.2) is 101 Å². The van der Waals surface area contributed by atoms with E-state index < -0.39 is 92.8 Å². The van der Waals surface area contributed by atoms with Crippen molar-refractivity contribution in [2.24, 2.45) is 5.41 Å². The van der Waals surface area contributed by atoms with Crippen LogP contribution in [0.4, 0.5) is 4.79 Å². The zero-order valence-corrected chi connectivity index (χ0v) is 38.2. The average molecular weight is 892 g/mol. The zero-order chi connectivity index (χ0) is 47.0. The Balaban J connectivity index is 1.92. The molecule has 0 saturated heterocycles. The van der Waals surface area contributed by atoms with E-state index in [1.54, 1.807) is 129 Å². The summed E-state index contributed by atoms with van der Waals surface area (Å²) in [4.78, 5) is 85.6. The second-order valence-corrected chi connectivity index (χ2v) is 19.7. The number of alkyl carbamates (subject to hydrolysis) is 1. The van der Waals surface area contributed by atoms with E-state index in [2.05, 4.69) is 26.3 Å². The van der Waals surface area contributed by atoms with Gasteiger partial charge in [0.1, 0.15) is 35.9 Å². The van der Waals surface area contributed by atoms with Crippen LogP contribution in [0.1, 0.15) is 92.8 Å². The maximum Gasteiger partial charge on any atom is 0.408 e. The molecule has 4 unspecified atom stereocenters. The van der Waals surface area contributed by atoms with Gasteiger partial charge in [-0.1, -0.05) is 75.4 Å². The highest BCUT2D eigenvalue weighted by Crippen LogP contribution is 2.21. The van der Waals surface area contributed by atoms with Crippen molar-refractivity contribution in [3.63, 3.8) is 0 Å². The number of nitrogens with zero attached hydrogens (tertiary/aromatic N) is 1. The van der Waals surface area contributed by atoms with Crippen LogP contribution in [-0.2, 0) is 61.0 Å². The molecule has 4 atom stereocenters. The van der Waals surface area contributed by atoms with Crippen molar-refractivity contribution in [1.82, 2.24) is 26.3 Å². The standard InChI is InChI=1S/C46H61N5O11S/c1-44(2,3)39(42(56)48-33(29-38(53)62-46(7,8)9)25-27-63(58,59)34-21-14-11-15-22-34)51-41(55)36(28-32-20-16-17-26-47-32)49-40(54)35(23-24-37(52)61-45(4,5)6)50-43(57)60-30-31-18-12-10-13-19-31/h10-22,25-27,33,35-36,39H,23-24,28-30H2,1-9H3,(H,48,56)(H,49,54)(H,50,57)(H,51,55). The highest BCUT2D eigenvalue weighted by Gasteiger charge is 2.37. The maximum atomic E-state index is 14.3. The summed E-state index contributed by atoms with van der Waals surface area (Å²) in [5.41, 5.74) is -1.60. The molecule has 3 aromatic rings. The Morgan fingerprint density at radius 2 is 1.24 bits per heavy atom. The molecule has 342 valence electrons. The summed E-state index contributed by atoms with van der Waals surface area (Å²) in [6, 6.07) is 16.1. The summed E-state index contributed by atoms with van der Waals surface area (Å²) in [5.74, 6) is -3.77. The third-order valence-electron chi connectivity index (χ3n) is 8.76. The number of esters is 2. The van der Waals surface area contributed by atoms with E-state index in [1.807, 2.05) is 0 Å². The van der Waals surface area contributed by atoms with Crippen molar-refractivity contribution in [3.8, 4) is 0 Å². The number of sulfone groups is 1. The fourth-order valence-electron chi connectivity index (χ4n) is 5.84. The van der Waals surface area contributed by atoms with E-state index in [0.717, 1.165) is 5.41 Å². The molecular formula is C46H61N5O11S. The molecule has 4 N–H and O–H groups in total. The quantitative estimate of drug-likeness (QED) is 0.0894. The Hall–Kier alpha value is -6.10. The van der Waals surface area contributed by atoms with Gasteiger partial charge < -0.3 is 35.5 Å². The predicted octanol–water partition coefficient (Wildman–Crippen LogP) is 5.26. The van der Waals surface area contributed by atoms with Crippen LogP contribution in [-0.4, -0.2) is 84.5 Å². The van der Waals surface area contributed by atoms with Gasteiger partial charge in [0.05, 0.1) is 17.4 Å². The minimum Gasteiger partial charge on any atom is -0.460 e. The maximum absolute atomic E-state index is 14.3. The van der Waals surface area contributed by atoms with Crippen molar-refractivity contribution in [2.75, 3.05) is 0 Å². The van der Waals surface area contributed by atoms with Gasteiger partial charge in [-0.3, -0.25) is 29.0 Å². The Bertz CT molecular complexity index is 2150. The van der Waals surface area contributed by atoms with E-state index in [9.17, 15) is 37.2 Å². The molecule has 0 saturated carbocycles. The molecule has 3 rings (SSSR count). The molecule has 2 aromatic carbocycles. The van der Waals surface area contributed by atoms with Crippen molar-refractivity contribution < 1.29 is 51.4 Å². The summed E-state index contributed by atoms with van der Waals surface area (Å²) in [6.07, 6.45) is 0.618. The normalized spacial score (nSPS) is 14.0. The monoisotopic (exact) mass is 891 g/mol. The number of hydrogen-bond donors (Lipinski definition) is 4. The largest absolute Gasteiger partial charge is 0.460 e. The SMILES string of the molecule is CC(C)(C)OC(=O)CCC(NC(=O)OCc1ccccc1)C(=O)NC(Cc1ccccn1)C(=O)NC(C(=O)NC(C=CS(=O)(=O)c1ccccc1)CC(=O)OC(C)(C)C)C(C)(C)C. The lowest BCUT2D eigenvalue weighted by Gasteiger charge is -2.33. The van der Waals surface area contributed by atoms with E-state index >= 15 is 0 Å². The van der Waals surface area contributed by atoms with Gasteiger partial charge in [-0.15, -0.1) is 0 Å². The second kappa shape index (κ2) is 22.8. The third kappa shape index (κ3) is 19.2. The molecule has 0 aliphatic rings. The lowest BCUT2D eigenvalue weighted by Crippen LogP contribution is -2.60. The van der Waals surface area contributed by atoms with E-state index in [1.165, 1.54) is 24.4 Å². The van der Waals surface area contributed by atoms with Crippen LogP contribution < -0.4 is 21.3 Å². The third-order valence-corrected chi connectivity index (χ3v) is 10.2. The zero-order valence-electron chi connectivity index (χ0n) is 37.4. The van der Waals surface area contributed by atoms with Crippen molar-refractivity contribution >= 4 is 45.6 Å². The Kier molecular flexibility index (Phi) is 18.6. The summed E-state index contributed by atoms with van der Waals surface area (Å²) in [7, 11) is -3.99. The molecule has 0 aliphatic heterocycles. The average Bonchev–Trinajstić information content (AvgIpc) is 3.18. The first-order chi connectivity index (χ1) is 29.3. The minimum absolute atomic E-state index is 0.00391. The Morgan fingerprint density at radius 1 is 0.667 bits per heavy atom. The van der Waals surface area contributed by atoms with Gasteiger partial charge in [0, 0.05) is 30.1 Å². The van der Waals surface area contributed by atoms with Crippen LogP contribution in [0, 0.1) is 5.41 Å². The lowest BCUT2D eigenvalue weighted by atomic mass is 9.85. The Labute approximate surface area is 370 Å². The molecule has 63 heavy (non-hydrogen) atoms. The number of hydrogen-bond acceptors (Lipinski definition) is 12. The molecule has 17 heteroatoms. The first-order valence-corrected chi connectivity index (χ1v) is 22.1. The number of ether oxygens (including phenoxy) is 3. The number of carbonyl (C=O) groups excluding carboxylic acids is 6. The van der Waals surface area contributed by atoms with Gasteiger partial charge in [0.15, 0.2) is 9.84 Å². The second-order valence-electron chi connectivity index (χ2n) is 17.9. The number of aromatic nitrogens is 1. The molecule has 0 fully saturated rings. The van der Waals surface area contributed by atoms with Crippen molar-refractivity contribution in [3.05, 3.63) is 108 Å². The van der Waals surface area contributed by atoms with E-state index in [0.29, 0.717) is 11.3 Å². The summed E-state index contributed by atoms with van der Waals surface area (Å²) >= 11 is 0. The molecule has 4 amide bonds. The van der Waals surface area contributed by atoms with Crippen LogP contribution >= 0.6 is 0 Å². The first kappa shape index (κ1) is 51.3. The summed E-state index contributed by atoms with van der Waals surface area (Å²) in [6.45, 7) is 15.0. The highest BCUT2D eigenvalue weighted by atomic mass is 32.2. The molecule has 0 radical (unpaired) electrons. The minimum atomic E-state index is -3.99. The van der Waals surface area contributed by atoms with Crippen molar-refractivity contribution in [1.29, 1.82) is 0 Å². The van der Waals surface area contributed by atoms with Gasteiger partial charge in [0.2, 0.25) is 17.7 Å². The lowest BCUT2D eigenvalue weighted by molar-refractivity contribution is -0.156. The number of carbonyl (C=O) groups is 6. The van der Waals surface area contributed by atoms with Crippen LogP contribution in [0.25, 0.3) is 0 Å².